The van der Waals surface area contributed by atoms with Gasteiger partial charge in [-0.3, -0.25) is 20.6 Å². The van der Waals surface area contributed by atoms with Crippen LogP contribution >= 0.6 is 11.6 Å². The third kappa shape index (κ3) is 7.49. The minimum Gasteiger partial charge on any atom is -0.490 e. The summed E-state index contributed by atoms with van der Waals surface area (Å²) in [5, 5.41) is 8.81. The van der Waals surface area contributed by atoms with Crippen molar-refractivity contribution < 1.29 is 19.1 Å². The van der Waals surface area contributed by atoms with Gasteiger partial charge in [-0.15, -0.1) is 0 Å². The number of nitrogens with zero attached hydrogens (tertiary/aromatic N) is 1. The van der Waals surface area contributed by atoms with Gasteiger partial charge in [0.2, 0.25) is 0 Å². The molecule has 0 aliphatic carbocycles. The van der Waals surface area contributed by atoms with E-state index in [4.69, 9.17) is 21.1 Å². The fourth-order valence-electron chi connectivity index (χ4n) is 2.93. The van der Waals surface area contributed by atoms with Crippen molar-refractivity contribution in [3.05, 3.63) is 71.0 Å². The minimum absolute atomic E-state index is 0.240. The maximum Gasteiger partial charge on any atom is 0.337 e. The average Bonchev–Trinajstić information content (AvgIpc) is 2.85. The van der Waals surface area contributed by atoms with E-state index in [0.717, 1.165) is 5.56 Å². The fraction of sp³-hybridized carbons (Fsp3) is 0.208. The number of benzene rings is 2. The van der Waals surface area contributed by atoms with Crippen LogP contribution in [0.4, 0.5) is 16.2 Å². The van der Waals surface area contributed by atoms with E-state index in [1.165, 1.54) is 19.3 Å². The number of hydrogen-bond donors (Lipinski definition) is 5. The third-order valence-corrected chi connectivity index (χ3v) is 5.11. The number of hydrogen-bond acceptors (Lipinski definition) is 7. The highest BCUT2D eigenvalue weighted by Crippen LogP contribution is 2.31. The van der Waals surface area contributed by atoms with E-state index < -0.39 is 6.03 Å². The molecular weight excluding hydrogens is 472 g/mol. The lowest BCUT2D eigenvalue weighted by atomic mass is 10.2. The smallest absolute Gasteiger partial charge is 0.337 e. The first kappa shape index (κ1) is 25.6. The molecule has 1 aromatic heterocycles. The summed E-state index contributed by atoms with van der Waals surface area (Å²) < 4.78 is 11.5. The number of amides is 3. The molecule has 0 saturated heterocycles. The number of ether oxygens (including phenoxy) is 2. The summed E-state index contributed by atoms with van der Waals surface area (Å²) in [5.41, 5.74) is 7.52. The van der Waals surface area contributed by atoms with Gasteiger partial charge in [0.25, 0.3) is 5.91 Å². The summed E-state index contributed by atoms with van der Waals surface area (Å²) in [4.78, 5) is 28.3. The van der Waals surface area contributed by atoms with Crippen molar-refractivity contribution in [1.82, 2.24) is 21.0 Å². The second-order valence-corrected chi connectivity index (χ2v) is 7.75. The summed E-state index contributed by atoms with van der Waals surface area (Å²) in [5.74, 6) is 1.10. The highest BCUT2D eigenvalue weighted by atomic mass is 35.5. The van der Waals surface area contributed by atoms with Crippen molar-refractivity contribution in [3.8, 4) is 17.2 Å². The number of anilines is 2. The summed E-state index contributed by atoms with van der Waals surface area (Å²) >= 11 is 6.21. The zero-order valence-corrected chi connectivity index (χ0v) is 20.3. The second kappa shape index (κ2) is 12.4. The zero-order valence-electron chi connectivity index (χ0n) is 19.6. The van der Waals surface area contributed by atoms with Crippen LogP contribution in [0.25, 0.3) is 0 Å². The number of rotatable bonds is 10. The van der Waals surface area contributed by atoms with Crippen LogP contribution in [0.2, 0.25) is 5.02 Å². The topological polar surface area (TPSA) is 126 Å². The van der Waals surface area contributed by atoms with E-state index >= 15 is 0 Å². The van der Waals surface area contributed by atoms with Crippen LogP contribution in [0, 0.1) is 6.92 Å². The molecule has 184 valence electrons. The van der Waals surface area contributed by atoms with Crippen molar-refractivity contribution in [3.63, 3.8) is 0 Å². The average molecular weight is 499 g/mol. The maximum atomic E-state index is 12.5. The van der Waals surface area contributed by atoms with E-state index in [1.807, 2.05) is 14.0 Å². The van der Waals surface area contributed by atoms with Gasteiger partial charge in [0.1, 0.15) is 29.5 Å². The van der Waals surface area contributed by atoms with Gasteiger partial charge >= 0.3 is 6.03 Å². The van der Waals surface area contributed by atoms with E-state index in [-0.39, 0.29) is 11.6 Å². The highest BCUT2D eigenvalue weighted by Gasteiger charge is 2.12. The molecule has 0 radical (unpaired) electrons. The molecule has 0 unspecified atom stereocenters. The van der Waals surface area contributed by atoms with Gasteiger partial charge in [0.05, 0.1) is 11.4 Å². The second-order valence-electron chi connectivity index (χ2n) is 7.34. The molecule has 5 N–H and O–H groups in total. The highest BCUT2D eigenvalue weighted by molar-refractivity contribution is 6.31. The van der Waals surface area contributed by atoms with Crippen LogP contribution in [-0.4, -0.2) is 44.2 Å². The lowest BCUT2D eigenvalue weighted by Crippen LogP contribution is -2.33. The van der Waals surface area contributed by atoms with Gasteiger partial charge in [-0.1, -0.05) is 17.7 Å². The number of nitrogens with one attached hydrogen (secondary N) is 5. The molecule has 0 bridgehead atoms. The first-order valence-electron chi connectivity index (χ1n) is 10.8. The summed E-state index contributed by atoms with van der Waals surface area (Å²) in [6.45, 7) is 2.90. The Balaban J connectivity index is 1.62. The molecule has 3 aromatic rings. The molecule has 35 heavy (non-hydrogen) atoms. The largest absolute Gasteiger partial charge is 0.490 e. The van der Waals surface area contributed by atoms with E-state index in [0.29, 0.717) is 46.8 Å². The van der Waals surface area contributed by atoms with Crippen LogP contribution < -0.4 is 36.3 Å². The van der Waals surface area contributed by atoms with Crippen LogP contribution in [0.1, 0.15) is 16.1 Å². The number of likely N-dealkylation sites (N-methyl/N-ethyl adjacent to an activating group) is 1. The number of halogens is 1. The Morgan fingerprint density at radius 2 is 1.86 bits per heavy atom. The number of pyridine rings is 1. The molecule has 3 amide bonds. The Bertz CT molecular complexity index is 1190. The molecule has 10 nitrogen and oxygen atoms in total. The van der Waals surface area contributed by atoms with E-state index in [9.17, 15) is 9.59 Å². The molecule has 0 saturated carbocycles. The lowest BCUT2D eigenvalue weighted by molar-refractivity contribution is 0.0958. The number of urea groups is 1. The van der Waals surface area contributed by atoms with Crippen LogP contribution in [0.3, 0.4) is 0 Å². The Hall–Kier alpha value is -4.02. The molecule has 0 spiro atoms. The number of aryl methyl sites for hydroxylation is 1. The molecule has 11 heteroatoms. The SMILES string of the molecule is CNCCOc1cc(Cl)c(C)cc1NC(=O)NNc1cccc(Oc2ccnc(C(=O)NC)c2)c1. The number of hydrazine groups is 1. The first-order chi connectivity index (χ1) is 16.9. The standard InChI is InChI=1S/C24H27ClN6O4/c1-15-11-20(22(14-19(15)25)34-10-9-26-2)29-24(33)31-30-16-5-4-6-17(12-16)35-18-7-8-28-21(13-18)23(32)27-3/h4-8,11-14,26,30H,9-10H2,1-3H3,(H,27,32)(H2,29,31,33). The molecule has 1 heterocycles. The first-order valence-corrected chi connectivity index (χ1v) is 11.1. The van der Waals surface area contributed by atoms with Gasteiger partial charge < -0.3 is 25.4 Å². The van der Waals surface area contributed by atoms with Crippen LogP contribution in [-0.2, 0) is 0 Å². The third-order valence-electron chi connectivity index (χ3n) is 4.70. The van der Waals surface area contributed by atoms with Crippen molar-refractivity contribution in [2.45, 2.75) is 6.92 Å². The van der Waals surface area contributed by atoms with Gasteiger partial charge in [-0.2, -0.15) is 0 Å². The van der Waals surface area contributed by atoms with Gasteiger partial charge in [0.15, 0.2) is 0 Å². The molecule has 0 aliphatic heterocycles. The predicted molar refractivity (Wildman–Crippen MR) is 136 cm³/mol. The predicted octanol–water partition coefficient (Wildman–Crippen LogP) is 3.94. The van der Waals surface area contributed by atoms with Crippen molar-refractivity contribution in [2.75, 3.05) is 38.0 Å². The minimum atomic E-state index is -0.499. The Labute approximate surface area is 208 Å². The fourth-order valence-corrected chi connectivity index (χ4v) is 3.08. The lowest BCUT2D eigenvalue weighted by Gasteiger charge is -2.16. The normalized spacial score (nSPS) is 10.3. The molecule has 0 aliphatic rings. The number of carbonyl (C=O) groups is 2. The monoisotopic (exact) mass is 498 g/mol. The van der Waals surface area contributed by atoms with E-state index in [1.54, 1.807) is 42.5 Å². The Morgan fingerprint density at radius 1 is 1.06 bits per heavy atom. The van der Waals surface area contributed by atoms with E-state index in [2.05, 4.69) is 31.8 Å². The van der Waals surface area contributed by atoms with Gasteiger partial charge in [-0.05, 0) is 43.8 Å². The quantitative estimate of drug-likeness (QED) is 0.212. The molecule has 2 aromatic carbocycles. The van der Waals surface area contributed by atoms with Crippen molar-refractivity contribution in [2.24, 2.45) is 0 Å². The van der Waals surface area contributed by atoms with Crippen molar-refractivity contribution >= 4 is 34.9 Å². The molecule has 0 atom stereocenters. The molecule has 0 fully saturated rings. The maximum absolute atomic E-state index is 12.5. The van der Waals surface area contributed by atoms with Crippen molar-refractivity contribution in [1.29, 1.82) is 0 Å². The van der Waals surface area contributed by atoms with Gasteiger partial charge in [0, 0.05) is 43.0 Å². The Kier molecular flexibility index (Phi) is 9.10. The zero-order chi connectivity index (χ0) is 25.2. The summed E-state index contributed by atoms with van der Waals surface area (Å²) in [7, 11) is 3.35. The Morgan fingerprint density at radius 3 is 2.63 bits per heavy atom. The number of carbonyl (C=O) groups excluding carboxylic acids is 2. The summed E-state index contributed by atoms with van der Waals surface area (Å²) in [6, 6.07) is 13.1. The van der Waals surface area contributed by atoms with Gasteiger partial charge in [-0.25, -0.2) is 4.79 Å². The van der Waals surface area contributed by atoms with Crippen LogP contribution in [0.5, 0.6) is 17.2 Å². The molecular formula is C24H27ClN6O4. The molecule has 3 rings (SSSR count). The van der Waals surface area contributed by atoms with Crippen LogP contribution in [0.15, 0.2) is 54.7 Å². The number of aromatic nitrogens is 1. The summed E-state index contributed by atoms with van der Waals surface area (Å²) in [6.07, 6.45) is 1.49.